The van der Waals surface area contributed by atoms with Gasteiger partial charge in [-0.15, -0.1) is 0 Å². The lowest BCUT2D eigenvalue weighted by molar-refractivity contribution is -0.126. The second-order valence-electron chi connectivity index (χ2n) is 4.49. The van der Waals surface area contributed by atoms with Gasteiger partial charge in [0.15, 0.2) is 15.6 Å². The summed E-state index contributed by atoms with van der Waals surface area (Å²) in [5.74, 6) is -1.37. The summed E-state index contributed by atoms with van der Waals surface area (Å²) in [4.78, 5) is 22.8. The predicted molar refractivity (Wildman–Crippen MR) is 66.4 cm³/mol. The molecule has 0 saturated carbocycles. The Morgan fingerprint density at radius 1 is 1.24 bits per heavy atom. The zero-order chi connectivity index (χ0) is 13.6. The molecule has 0 rings (SSSR count). The van der Waals surface area contributed by atoms with Crippen LogP contribution in [0.2, 0.25) is 0 Å². The van der Waals surface area contributed by atoms with Crippen LogP contribution >= 0.6 is 0 Å². The summed E-state index contributed by atoms with van der Waals surface area (Å²) in [5.41, 5.74) is 0. The highest BCUT2D eigenvalue weighted by molar-refractivity contribution is 7.92. The average molecular weight is 263 g/mol. The molecule has 0 aliphatic carbocycles. The maximum atomic E-state index is 11.5. The van der Waals surface area contributed by atoms with Gasteiger partial charge in [-0.25, -0.2) is 8.42 Å². The first-order chi connectivity index (χ1) is 7.69. The maximum absolute atomic E-state index is 11.5. The third kappa shape index (κ3) is 6.41. The van der Waals surface area contributed by atoms with E-state index >= 15 is 0 Å². The molecule has 0 bridgehead atoms. The fourth-order valence-electron chi connectivity index (χ4n) is 1.54. The van der Waals surface area contributed by atoms with Gasteiger partial charge >= 0.3 is 0 Å². The Hall–Kier alpha value is -0.910. The zero-order valence-electron chi connectivity index (χ0n) is 10.8. The summed E-state index contributed by atoms with van der Waals surface area (Å²) in [6.45, 7) is 6.72. The van der Waals surface area contributed by atoms with Crippen molar-refractivity contribution in [1.29, 1.82) is 0 Å². The Balaban J connectivity index is 4.49. The van der Waals surface area contributed by atoms with Crippen molar-refractivity contribution in [3.05, 3.63) is 0 Å². The summed E-state index contributed by atoms with van der Waals surface area (Å²) < 4.78 is 22.8. The molecule has 1 N–H and O–H groups in total. The highest BCUT2D eigenvalue weighted by atomic mass is 32.2. The SMILES string of the molecule is CCCS(=O)(=O)CC(=O)NC(C(C)=O)C(C)C. The van der Waals surface area contributed by atoms with Gasteiger partial charge in [0.25, 0.3) is 0 Å². The van der Waals surface area contributed by atoms with Gasteiger partial charge in [-0.05, 0) is 19.3 Å². The smallest absolute Gasteiger partial charge is 0.235 e. The summed E-state index contributed by atoms with van der Waals surface area (Å²) in [7, 11) is -3.35. The van der Waals surface area contributed by atoms with Gasteiger partial charge in [0.2, 0.25) is 5.91 Å². The summed E-state index contributed by atoms with van der Waals surface area (Å²) in [6, 6.07) is -0.612. The molecular weight excluding hydrogens is 242 g/mol. The number of ketones is 1. The Bertz CT molecular complexity index is 373. The first kappa shape index (κ1) is 16.1. The minimum atomic E-state index is -3.35. The van der Waals surface area contributed by atoms with Gasteiger partial charge in [0, 0.05) is 0 Å². The van der Waals surface area contributed by atoms with Crippen molar-refractivity contribution in [2.24, 2.45) is 5.92 Å². The summed E-state index contributed by atoms with van der Waals surface area (Å²) in [5, 5.41) is 2.46. The van der Waals surface area contributed by atoms with Crippen molar-refractivity contribution >= 4 is 21.5 Å². The van der Waals surface area contributed by atoms with Crippen molar-refractivity contribution in [2.75, 3.05) is 11.5 Å². The molecule has 5 nitrogen and oxygen atoms in total. The van der Waals surface area contributed by atoms with E-state index in [1.165, 1.54) is 6.92 Å². The molecule has 0 aromatic heterocycles. The van der Waals surface area contributed by atoms with Gasteiger partial charge in [-0.3, -0.25) is 9.59 Å². The van der Waals surface area contributed by atoms with Gasteiger partial charge in [0.05, 0.1) is 11.8 Å². The maximum Gasteiger partial charge on any atom is 0.235 e. The highest BCUT2D eigenvalue weighted by Gasteiger charge is 2.23. The van der Waals surface area contributed by atoms with Crippen LogP contribution in [-0.4, -0.2) is 37.7 Å². The van der Waals surface area contributed by atoms with Crippen molar-refractivity contribution in [3.63, 3.8) is 0 Å². The number of hydrogen-bond donors (Lipinski definition) is 1. The van der Waals surface area contributed by atoms with E-state index in [1.807, 2.05) is 0 Å². The second-order valence-corrected chi connectivity index (χ2v) is 6.68. The minimum absolute atomic E-state index is 0.00711. The normalized spacial score (nSPS) is 13.5. The average Bonchev–Trinajstić information content (AvgIpc) is 2.11. The van der Waals surface area contributed by atoms with E-state index in [2.05, 4.69) is 5.32 Å². The van der Waals surface area contributed by atoms with Crippen LogP contribution in [0.1, 0.15) is 34.1 Å². The Morgan fingerprint density at radius 3 is 2.12 bits per heavy atom. The standard InChI is InChI=1S/C11H21NO4S/c1-5-6-17(15,16)7-10(14)12-11(8(2)3)9(4)13/h8,11H,5-7H2,1-4H3,(H,12,14). The quantitative estimate of drug-likeness (QED) is 0.727. The fraction of sp³-hybridized carbons (Fsp3) is 0.818. The summed E-state index contributed by atoms with van der Waals surface area (Å²) >= 11 is 0. The molecule has 0 aromatic carbocycles. The Morgan fingerprint density at radius 2 is 1.76 bits per heavy atom. The number of rotatable bonds is 7. The van der Waals surface area contributed by atoms with Gasteiger partial charge in [0.1, 0.15) is 5.75 Å². The van der Waals surface area contributed by atoms with Gasteiger partial charge in [-0.2, -0.15) is 0 Å². The van der Waals surface area contributed by atoms with E-state index in [1.54, 1.807) is 20.8 Å². The molecule has 1 amide bonds. The number of hydrogen-bond acceptors (Lipinski definition) is 4. The van der Waals surface area contributed by atoms with Crippen molar-refractivity contribution in [1.82, 2.24) is 5.32 Å². The molecule has 100 valence electrons. The topological polar surface area (TPSA) is 80.3 Å². The van der Waals surface area contributed by atoms with Crippen molar-refractivity contribution < 1.29 is 18.0 Å². The van der Waals surface area contributed by atoms with Crippen molar-refractivity contribution in [2.45, 2.75) is 40.2 Å². The van der Waals surface area contributed by atoms with Crippen LogP contribution in [0, 0.1) is 5.92 Å². The van der Waals surface area contributed by atoms with Crippen LogP contribution < -0.4 is 5.32 Å². The third-order valence-electron chi connectivity index (χ3n) is 2.29. The van der Waals surface area contributed by atoms with E-state index in [9.17, 15) is 18.0 Å². The third-order valence-corrected chi connectivity index (χ3v) is 4.02. The molecule has 1 unspecified atom stereocenters. The zero-order valence-corrected chi connectivity index (χ0v) is 11.6. The molecule has 0 heterocycles. The second kappa shape index (κ2) is 6.74. The monoisotopic (exact) mass is 263 g/mol. The number of Topliss-reactive ketones (excluding diaryl/α,β-unsaturated/α-hetero) is 1. The number of carbonyl (C=O) groups excluding carboxylic acids is 2. The molecule has 0 aliphatic rings. The molecule has 0 radical (unpaired) electrons. The van der Waals surface area contributed by atoms with Gasteiger partial charge in [-0.1, -0.05) is 20.8 Å². The molecule has 1 atom stereocenters. The van der Waals surface area contributed by atoms with Crippen LogP contribution in [0.25, 0.3) is 0 Å². The van der Waals surface area contributed by atoms with E-state index in [4.69, 9.17) is 0 Å². The Labute approximate surface area is 103 Å². The molecule has 0 fully saturated rings. The number of sulfone groups is 1. The molecule has 0 aromatic rings. The first-order valence-electron chi connectivity index (χ1n) is 5.69. The van der Waals surface area contributed by atoms with Gasteiger partial charge < -0.3 is 5.32 Å². The van der Waals surface area contributed by atoms with Crippen LogP contribution in [-0.2, 0) is 19.4 Å². The van der Waals surface area contributed by atoms with Crippen molar-refractivity contribution in [3.8, 4) is 0 Å². The van der Waals surface area contributed by atoms with Crippen LogP contribution in [0.15, 0.2) is 0 Å². The van der Waals surface area contributed by atoms with E-state index < -0.39 is 27.5 Å². The minimum Gasteiger partial charge on any atom is -0.345 e. The number of carbonyl (C=O) groups is 2. The van der Waals surface area contributed by atoms with Crippen LogP contribution in [0.3, 0.4) is 0 Å². The molecular formula is C11H21NO4S. The molecule has 6 heteroatoms. The lowest BCUT2D eigenvalue weighted by Crippen LogP contribution is -2.45. The largest absolute Gasteiger partial charge is 0.345 e. The summed E-state index contributed by atoms with van der Waals surface area (Å²) in [6.07, 6.45) is 0.482. The lowest BCUT2D eigenvalue weighted by atomic mass is 10.0. The van der Waals surface area contributed by atoms with Crippen LogP contribution in [0.5, 0.6) is 0 Å². The molecule has 0 spiro atoms. The molecule has 0 saturated heterocycles. The highest BCUT2D eigenvalue weighted by Crippen LogP contribution is 2.03. The Kier molecular flexibility index (Phi) is 6.37. The number of nitrogens with one attached hydrogen (secondary N) is 1. The lowest BCUT2D eigenvalue weighted by Gasteiger charge is -2.19. The van der Waals surface area contributed by atoms with E-state index in [-0.39, 0.29) is 17.5 Å². The molecule has 0 aliphatic heterocycles. The van der Waals surface area contributed by atoms with Crippen LogP contribution in [0.4, 0.5) is 0 Å². The first-order valence-corrected chi connectivity index (χ1v) is 7.52. The number of amides is 1. The van der Waals surface area contributed by atoms with E-state index in [0.717, 1.165) is 0 Å². The van der Waals surface area contributed by atoms with E-state index in [0.29, 0.717) is 6.42 Å². The fourth-order valence-corrected chi connectivity index (χ4v) is 2.78. The predicted octanol–water partition coefficient (Wildman–Crippen LogP) is 0.541. The molecule has 17 heavy (non-hydrogen) atoms.